The summed E-state index contributed by atoms with van der Waals surface area (Å²) in [5.74, 6) is 0.801. The molecule has 0 saturated heterocycles. The van der Waals surface area contributed by atoms with Crippen LogP contribution in [0.4, 0.5) is 0 Å². The van der Waals surface area contributed by atoms with E-state index in [1.54, 1.807) is 0 Å². The van der Waals surface area contributed by atoms with Crippen molar-refractivity contribution in [1.29, 1.82) is 0 Å². The predicted octanol–water partition coefficient (Wildman–Crippen LogP) is 3.26. The fourth-order valence-electron chi connectivity index (χ4n) is 2.57. The molecular formula is C13H26O2. The molecule has 15 heavy (non-hydrogen) atoms. The predicted molar refractivity (Wildman–Crippen MR) is 63.1 cm³/mol. The van der Waals surface area contributed by atoms with Crippen LogP contribution in [0.5, 0.6) is 0 Å². The summed E-state index contributed by atoms with van der Waals surface area (Å²) in [4.78, 5) is 0. The summed E-state index contributed by atoms with van der Waals surface area (Å²) >= 11 is 0. The Labute approximate surface area is 94.3 Å². The summed E-state index contributed by atoms with van der Waals surface area (Å²) in [5, 5.41) is 0. The fraction of sp³-hybridized carbons (Fsp3) is 1.00. The summed E-state index contributed by atoms with van der Waals surface area (Å²) < 4.78 is 11.3. The highest BCUT2D eigenvalue weighted by atomic mass is 16.5. The monoisotopic (exact) mass is 214 g/mol. The van der Waals surface area contributed by atoms with Crippen molar-refractivity contribution in [3.8, 4) is 0 Å². The van der Waals surface area contributed by atoms with E-state index in [1.807, 2.05) is 0 Å². The lowest BCUT2D eigenvalue weighted by Crippen LogP contribution is -2.36. The third-order valence-electron chi connectivity index (χ3n) is 3.61. The first-order valence-electron chi connectivity index (χ1n) is 6.38. The van der Waals surface area contributed by atoms with Crippen LogP contribution in [0.15, 0.2) is 0 Å². The van der Waals surface area contributed by atoms with Gasteiger partial charge in [0.1, 0.15) is 0 Å². The molecule has 0 bridgehead atoms. The SMILES string of the molecule is CCOCC(C)(COCC)C1CCCC1. The Bertz CT molecular complexity index is 154. The lowest BCUT2D eigenvalue weighted by atomic mass is 9.77. The second kappa shape index (κ2) is 6.49. The normalized spacial score (nSPS) is 18.6. The smallest absolute Gasteiger partial charge is 0.0544 e. The second-order valence-corrected chi connectivity index (χ2v) is 4.91. The third kappa shape index (κ3) is 3.76. The van der Waals surface area contributed by atoms with Crippen molar-refractivity contribution < 1.29 is 9.47 Å². The Hall–Kier alpha value is -0.0800. The Balaban J connectivity index is 2.48. The van der Waals surface area contributed by atoms with Gasteiger partial charge in [-0.1, -0.05) is 19.8 Å². The van der Waals surface area contributed by atoms with Gasteiger partial charge in [0, 0.05) is 18.6 Å². The van der Waals surface area contributed by atoms with Crippen molar-refractivity contribution in [2.24, 2.45) is 11.3 Å². The molecule has 0 atom stereocenters. The van der Waals surface area contributed by atoms with Crippen LogP contribution >= 0.6 is 0 Å². The van der Waals surface area contributed by atoms with E-state index in [9.17, 15) is 0 Å². The topological polar surface area (TPSA) is 18.5 Å². The molecule has 1 fully saturated rings. The molecule has 0 aliphatic heterocycles. The number of rotatable bonds is 7. The summed E-state index contributed by atoms with van der Waals surface area (Å²) in [7, 11) is 0. The van der Waals surface area contributed by atoms with Gasteiger partial charge < -0.3 is 9.47 Å². The molecule has 0 unspecified atom stereocenters. The van der Waals surface area contributed by atoms with Gasteiger partial charge >= 0.3 is 0 Å². The molecule has 1 aliphatic rings. The molecule has 0 amide bonds. The lowest BCUT2D eigenvalue weighted by molar-refractivity contribution is -0.0385. The minimum absolute atomic E-state index is 0.239. The van der Waals surface area contributed by atoms with Gasteiger partial charge in [0.25, 0.3) is 0 Å². The van der Waals surface area contributed by atoms with Crippen LogP contribution < -0.4 is 0 Å². The van der Waals surface area contributed by atoms with Crippen LogP contribution in [0.1, 0.15) is 46.5 Å². The first-order chi connectivity index (χ1) is 7.23. The minimum atomic E-state index is 0.239. The number of ether oxygens (including phenoxy) is 2. The molecule has 1 saturated carbocycles. The van der Waals surface area contributed by atoms with E-state index in [-0.39, 0.29) is 5.41 Å². The van der Waals surface area contributed by atoms with E-state index in [1.165, 1.54) is 25.7 Å². The molecule has 0 aromatic rings. The Morgan fingerprint density at radius 3 is 1.87 bits per heavy atom. The summed E-state index contributed by atoms with van der Waals surface area (Å²) in [5.41, 5.74) is 0.239. The van der Waals surface area contributed by atoms with E-state index in [4.69, 9.17) is 9.47 Å². The molecule has 2 heteroatoms. The van der Waals surface area contributed by atoms with E-state index < -0.39 is 0 Å². The average molecular weight is 214 g/mol. The van der Waals surface area contributed by atoms with Gasteiger partial charge in [-0.05, 0) is 32.6 Å². The Morgan fingerprint density at radius 2 is 1.47 bits per heavy atom. The largest absolute Gasteiger partial charge is 0.381 e. The van der Waals surface area contributed by atoms with Gasteiger partial charge in [-0.2, -0.15) is 0 Å². The van der Waals surface area contributed by atoms with Gasteiger partial charge in [-0.25, -0.2) is 0 Å². The van der Waals surface area contributed by atoms with Crippen molar-refractivity contribution in [3.63, 3.8) is 0 Å². The maximum atomic E-state index is 5.63. The molecule has 2 nitrogen and oxygen atoms in total. The second-order valence-electron chi connectivity index (χ2n) is 4.91. The quantitative estimate of drug-likeness (QED) is 0.647. The first-order valence-corrected chi connectivity index (χ1v) is 6.38. The molecule has 0 aromatic heterocycles. The molecule has 0 aromatic carbocycles. The number of hydrogen-bond donors (Lipinski definition) is 0. The van der Waals surface area contributed by atoms with Crippen molar-refractivity contribution in [3.05, 3.63) is 0 Å². The van der Waals surface area contributed by atoms with E-state index >= 15 is 0 Å². The van der Waals surface area contributed by atoms with E-state index in [2.05, 4.69) is 20.8 Å². The highest BCUT2D eigenvalue weighted by molar-refractivity contribution is 4.85. The van der Waals surface area contributed by atoms with Crippen molar-refractivity contribution in [1.82, 2.24) is 0 Å². The molecule has 0 radical (unpaired) electrons. The third-order valence-corrected chi connectivity index (χ3v) is 3.61. The van der Waals surface area contributed by atoms with Crippen molar-refractivity contribution >= 4 is 0 Å². The summed E-state index contributed by atoms with van der Waals surface area (Å²) in [6.07, 6.45) is 5.49. The van der Waals surface area contributed by atoms with Gasteiger partial charge in [0.2, 0.25) is 0 Å². The zero-order valence-electron chi connectivity index (χ0n) is 10.6. The Kier molecular flexibility index (Phi) is 5.62. The van der Waals surface area contributed by atoms with Gasteiger partial charge in [0.05, 0.1) is 13.2 Å². The molecule has 1 rings (SSSR count). The maximum absolute atomic E-state index is 5.63. The molecule has 0 spiro atoms. The zero-order valence-corrected chi connectivity index (χ0v) is 10.6. The zero-order chi connectivity index (χ0) is 11.1. The highest BCUT2D eigenvalue weighted by Crippen LogP contribution is 2.40. The number of hydrogen-bond acceptors (Lipinski definition) is 2. The highest BCUT2D eigenvalue weighted by Gasteiger charge is 2.36. The van der Waals surface area contributed by atoms with Crippen LogP contribution in [0.25, 0.3) is 0 Å². The van der Waals surface area contributed by atoms with Gasteiger partial charge in [-0.15, -0.1) is 0 Å². The average Bonchev–Trinajstić information content (AvgIpc) is 2.77. The van der Waals surface area contributed by atoms with Crippen molar-refractivity contribution in [2.75, 3.05) is 26.4 Å². The standard InChI is InChI=1S/C13H26O2/c1-4-14-10-13(3,11-15-5-2)12-8-6-7-9-12/h12H,4-11H2,1-3H3. The fourth-order valence-corrected chi connectivity index (χ4v) is 2.57. The Morgan fingerprint density at radius 1 is 1.00 bits per heavy atom. The van der Waals surface area contributed by atoms with E-state index in [0.717, 1.165) is 32.3 Å². The minimum Gasteiger partial charge on any atom is -0.381 e. The first kappa shape index (κ1) is 13.0. The molecular weight excluding hydrogens is 188 g/mol. The van der Waals surface area contributed by atoms with Crippen molar-refractivity contribution in [2.45, 2.75) is 46.5 Å². The van der Waals surface area contributed by atoms with Crippen LogP contribution in [0, 0.1) is 11.3 Å². The molecule has 0 heterocycles. The molecule has 0 N–H and O–H groups in total. The van der Waals surface area contributed by atoms with Crippen LogP contribution in [0.2, 0.25) is 0 Å². The summed E-state index contributed by atoms with van der Waals surface area (Å²) in [6, 6.07) is 0. The lowest BCUT2D eigenvalue weighted by Gasteiger charge is -2.35. The van der Waals surface area contributed by atoms with Crippen LogP contribution in [-0.4, -0.2) is 26.4 Å². The molecule has 90 valence electrons. The van der Waals surface area contributed by atoms with Gasteiger partial charge in [0.15, 0.2) is 0 Å². The molecule has 1 aliphatic carbocycles. The maximum Gasteiger partial charge on any atom is 0.0544 e. The summed E-state index contributed by atoms with van der Waals surface area (Å²) in [6.45, 7) is 9.80. The van der Waals surface area contributed by atoms with E-state index in [0.29, 0.717) is 0 Å². The van der Waals surface area contributed by atoms with Crippen LogP contribution in [0.3, 0.4) is 0 Å². The van der Waals surface area contributed by atoms with Crippen LogP contribution in [-0.2, 0) is 9.47 Å². The van der Waals surface area contributed by atoms with Gasteiger partial charge in [-0.3, -0.25) is 0 Å².